The van der Waals surface area contributed by atoms with E-state index in [-0.39, 0.29) is 15.7 Å². The van der Waals surface area contributed by atoms with Crippen LogP contribution in [-0.2, 0) is 0 Å². The smallest absolute Gasteiger partial charge is 0.200 e. The third kappa shape index (κ3) is 2.19. The van der Waals surface area contributed by atoms with E-state index in [2.05, 4.69) is 4.98 Å². The van der Waals surface area contributed by atoms with E-state index < -0.39 is 5.63 Å². The molecule has 0 aliphatic heterocycles. The van der Waals surface area contributed by atoms with Crippen molar-refractivity contribution < 1.29 is 4.39 Å². The molecule has 1 aromatic rings. The van der Waals surface area contributed by atoms with Gasteiger partial charge in [0.15, 0.2) is 5.63 Å². The van der Waals surface area contributed by atoms with E-state index >= 15 is 0 Å². The van der Waals surface area contributed by atoms with Gasteiger partial charge in [0.1, 0.15) is 5.15 Å². The van der Waals surface area contributed by atoms with Gasteiger partial charge in [-0.05, 0) is 6.07 Å². The van der Waals surface area contributed by atoms with E-state index in [9.17, 15) is 4.39 Å². The number of hydrogen-bond acceptors (Lipinski definition) is 1. The Morgan fingerprint density at radius 3 is 2.55 bits per heavy atom. The van der Waals surface area contributed by atoms with Crippen molar-refractivity contribution in [2.24, 2.45) is 0 Å². The van der Waals surface area contributed by atoms with Crippen molar-refractivity contribution in [3.05, 3.63) is 28.0 Å². The maximum absolute atomic E-state index is 12.4. The average Bonchev–Trinajstić information content (AvgIpc) is 1.94. The van der Waals surface area contributed by atoms with E-state index in [0.29, 0.717) is 0 Å². The van der Waals surface area contributed by atoms with Crippen LogP contribution < -0.4 is 0 Å². The highest BCUT2D eigenvalue weighted by Gasteiger charge is 2.07. The minimum atomic E-state index is -1.59. The molecule has 0 N–H and O–H groups in total. The highest BCUT2D eigenvalue weighted by atomic mass is 35.5. The van der Waals surface area contributed by atoms with Crippen LogP contribution in [0.5, 0.6) is 0 Å². The van der Waals surface area contributed by atoms with Gasteiger partial charge >= 0.3 is 0 Å². The SMILES string of the molecule is FC(Cl)c1cnc(Cl)c(Cl)c1. The minimum Gasteiger partial charge on any atom is -0.243 e. The van der Waals surface area contributed by atoms with Gasteiger partial charge in [-0.25, -0.2) is 9.37 Å². The van der Waals surface area contributed by atoms with Crippen LogP contribution in [0.15, 0.2) is 12.3 Å². The maximum atomic E-state index is 12.4. The fourth-order valence-electron chi connectivity index (χ4n) is 0.555. The zero-order valence-electron chi connectivity index (χ0n) is 5.19. The van der Waals surface area contributed by atoms with Gasteiger partial charge in [-0.1, -0.05) is 34.8 Å². The summed E-state index contributed by atoms with van der Waals surface area (Å²) in [5, 5.41) is 0.347. The summed E-state index contributed by atoms with van der Waals surface area (Å²) in [6.45, 7) is 0. The molecule has 1 rings (SSSR count). The summed E-state index contributed by atoms with van der Waals surface area (Å²) in [6.07, 6.45) is 1.24. The molecule has 0 saturated heterocycles. The molecule has 0 aliphatic rings. The number of rotatable bonds is 1. The predicted octanol–water partition coefficient (Wildman–Crippen LogP) is 3.60. The van der Waals surface area contributed by atoms with E-state index in [1.54, 1.807) is 0 Å². The van der Waals surface area contributed by atoms with Gasteiger partial charge in [-0.3, -0.25) is 0 Å². The summed E-state index contributed by atoms with van der Waals surface area (Å²) >= 11 is 16.1. The summed E-state index contributed by atoms with van der Waals surface area (Å²) < 4.78 is 12.4. The molecule has 0 radical (unpaired) electrons. The Morgan fingerprint density at radius 1 is 1.45 bits per heavy atom. The van der Waals surface area contributed by atoms with Crippen LogP contribution in [0.2, 0.25) is 10.2 Å². The fraction of sp³-hybridized carbons (Fsp3) is 0.167. The van der Waals surface area contributed by atoms with Crippen LogP contribution in [0.4, 0.5) is 4.39 Å². The van der Waals surface area contributed by atoms with Gasteiger partial charge in [0, 0.05) is 11.8 Å². The molecule has 1 aromatic heterocycles. The van der Waals surface area contributed by atoms with Crippen molar-refractivity contribution in [1.82, 2.24) is 4.98 Å². The first-order valence-electron chi connectivity index (χ1n) is 2.70. The number of hydrogen-bond donors (Lipinski definition) is 0. The second-order valence-corrected chi connectivity index (χ2v) is 2.99. The topological polar surface area (TPSA) is 12.9 Å². The molecule has 11 heavy (non-hydrogen) atoms. The minimum absolute atomic E-state index is 0.146. The molecule has 0 amide bonds. The number of alkyl halides is 2. The first-order valence-corrected chi connectivity index (χ1v) is 3.89. The van der Waals surface area contributed by atoms with Crippen LogP contribution in [0, 0.1) is 0 Å². The van der Waals surface area contributed by atoms with Crippen molar-refractivity contribution in [3.8, 4) is 0 Å². The van der Waals surface area contributed by atoms with Gasteiger partial charge in [0.2, 0.25) is 0 Å². The second kappa shape index (κ2) is 3.57. The highest BCUT2D eigenvalue weighted by molar-refractivity contribution is 6.41. The number of pyridine rings is 1. The lowest BCUT2D eigenvalue weighted by molar-refractivity contribution is 0.459. The monoisotopic (exact) mass is 213 g/mol. The van der Waals surface area contributed by atoms with Crippen LogP contribution in [0.1, 0.15) is 11.2 Å². The normalized spacial score (nSPS) is 13.1. The van der Waals surface area contributed by atoms with Gasteiger partial charge in [-0.15, -0.1) is 0 Å². The Bertz CT molecular complexity index is 264. The predicted molar refractivity (Wildman–Crippen MR) is 44.0 cm³/mol. The Labute approximate surface area is 78.1 Å². The molecular formula is C6H3Cl3FN. The fourth-order valence-corrected chi connectivity index (χ4v) is 0.953. The molecule has 0 aromatic carbocycles. The summed E-state index contributed by atoms with van der Waals surface area (Å²) in [4.78, 5) is 3.61. The summed E-state index contributed by atoms with van der Waals surface area (Å²) in [5.74, 6) is 0. The lowest BCUT2D eigenvalue weighted by Crippen LogP contribution is -1.85. The Balaban J connectivity index is 3.05. The number of aromatic nitrogens is 1. The Morgan fingerprint density at radius 2 is 2.09 bits per heavy atom. The van der Waals surface area contributed by atoms with Crippen LogP contribution >= 0.6 is 34.8 Å². The van der Waals surface area contributed by atoms with Gasteiger partial charge in [0.05, 0.1) is 5.02 Å². The van der Waals surface area contributed by atoms with Crippen molar-refractivity contribution in [3.63, 3.8) is 0 Å². The maximum Gasteiger partial charge on any atom is 0.200 e. The van der Waals surface area contributed by atoms with Crippen LogP contribution in [0.25, 0.3) is 0 Å². The van der Waals surface area contributed by atoms with Crippen LogP contribution in [-0.4, -0.2) is 4.98 Å². The third-order valence-electron chi connectivity index (χ3n) is 1.07. The van der Waals surface area contributed by atoms with Crippen molar-refractivity contribution >= 4 is 34.8 Å². The number of nitrogens with zero attached hydrogens (tertiary/aromatic N) is 1. The third-order valence-corrected chi connectivity index (χ3v) is 2.01. The molecule has 0 fully saturated rings. The average molecular weight is 214 g/mol. The molecular weight excluding hydrogens is 211 g/mol. The van der Waals surface area contributed by atoms with E-state index in [0.717, 1.165) is 0 Å². The molecule has 1 nitrogen and oxygen atoms in total. The van der Waals surface area contributed by atoms with Gasteiger partial charge in [-0.2, -0.15) is 0 Å². The van der Waals surface area contributed by atoms with E-state index in [4.69, 9.17) is 34.8 Å². The zero-order valence-corrected chi connectivity index (χ0v) is 7.46. The Hall–Kier alpha value is -0.0500. The summed E-state index contributed by atoms with van der Waals surface area (Å²) in [6, 6.07) is 1.34. The first kappa shape index (κ1) is 9.04. The zero-order chi connectivity index (χ0) is 8.43. The van der Waals surface area contributed by atoms with Crippen molar-refractivity contribution in [2.45, 2.75) is 5.63 Å². The van der Waals surface area contributed by atoms with Crippen molar-refractivity contribution in [1.29, 1.82) is 0 Å². The second-order valence-electron chi connectivity index (χ2n) is 1.84. The Kier molecular flexibility index (Phi) is 2.93. The molecule has 0 spiro atoms. The van der Waals surface area contributed by atoms with Gasteiger partial charge in [0.25, 0.3) is 0 Å². The van der Waals surface area contributed by atoms with Crippen molar-refractivity contribution in [2.75, 3.05) is 0 Å². The standard InChI is InChI=1S/C6H3Cl3FN/c7-4-1-3(5(8)10)2-11-6(4)9/h1-2,5H. The highest BCUT2D eigenvalue weighted by Crippen LogP contribution is 2.26. The molecule has 0 aliphatic carbocycles. The van der Waals surface area contributed by atoms with E-state index in [1.807, 2.05) is 0 Å². The number of halogens is 4. The molecule has 1 unspecified atom stereocenters. The molecule has 5 heteroatoms. The van der Waals surface area contributed by atoms with Gasteiger partial charge < -0.3 is 0 Å². The lowest BCUT2D eigenvalue weighted by Gasteiger charge is -2.00. The van der Waals surface area contributed by atoms with E-state index in [1.165, 1.54) is 12.3 Å². The quantitative estimate of drug-likeness (QED) is 0.514. The summed E-state index contributed by atoms with van der Waals surface area (Å²) in [7, 11) is 0. The molecule has 0 saturated carbocycles. The summed E-state index contributed by atoms with van der Waals surface area (Å²) in [5.41, 5.74) is -1.38. The largest absolute Gasteiger partial charge is 0.243 e. The first-order chi connectivity index (χ1) is 5.11. The molecule has 60 valence electrons. The molecule has 1 atom stereocenters. The molecule has 0 bridgehead atoms. The molecule has 1 heterocycles. The lowest BCUT2D eigenvalue weighted by atomic mass is 10.3. The van der Waals surface area contributed by atoms with Crippen LogP contribution in [0.3, 0.4) is 0 Å².